The lowest BCUT2D eigenvalue weighted by atomic mass is 10.3. The van der Waals surface area contributed by atoms with Gasteiger partial charge in [0.25, 0.3) is 0 Å². The summed E-state index contributed by atoms with van der Waals surface area (Å²) < 4.78 is 0. The van der Waals surface area contributed by atoms with Crippen molar-refractivity contribution in [3.8, 4) is 0 Å². The van der Waals surface area contributed by atoms with Crippen molar-refractivity contribution >= 4 is 23.5 Å². The first-order valence-corrected chi connectivity index (χ1v) is 3.78. The second-order valence-corrected chi connectivity index (χ2v) is 2.98. The molecule has 2 aliphatic rings. The van der Waals surface area contributed by atoms with Gasteiger partial charge in [-0.2, -0.15) is 0 Å². The predicted molar refractivity (Wildman–Crippen MR) is 41.3 cm³/mol. The average molecular weight is 138 g/mol. The molecule has 46 valence electrons. The maximum atomic E-state index is 4.16. The summed E-state index contributed by atoms with van der Waals surface area (Å²) in [6.07, 6.45) is 6.10. The highest BCUT2D eigenvalue weighted by molar-refractivity contribution is 8.13. The van der Waals surface area contributed by atoms with Gasteiger partial charge in [-0.1, -0.05) is 6.08 Å². The van der Waals surface area contributed by atoms with Crippen molar-refractivity contribution < 1.29 is 0 Å². The van der Waals surface area contributed by atoms with E-state index in [4.69, 9.17) is 0 Å². The normalized spacial score (nSPS) is 37.3. The number of dihydropyridines is 1. The molecule has 2 rings (SSSR count). The van der Waals surface area contributed by atoms with Crippen molar-refractivity contribution in [2.24, 2.45) is 9.98 Å². The summed E-state index contributed by atoms with van der Waals surface area (Å²) in [6, 6.07) is 0. The van der Waals surface area contributed by atoms with Crippen LogP contribution < -0.4 is 0 Å². The summed E-state index contributed by atoms with van der Waals surface area (Å²) in [7, 11) is 0. The van der Waals surface area contributed by atoms with E-state index in [1.165, 1.54) is 0 Å². The van der Waals surface area contributed by atoms with Crippen LogP contribution >= 0.6 is 11.8 Å². The molecule has 0 amide bonds. The zero-order chi connectivity index (χ0) is 6.10. The van der Waals surface area contributed by atoms with Crippen molar-refractivity contribution in [2.75, 3.05) is 0 Å². The van der Waals surface area contributed by atoms with Crippen LogP contribution in [0, 0.1) is 0 Å². The van der Waals surface area contributed by atoms with Crippen LogP contribution in [0.15, 0.2) is 22.1 Å². The molecular formula is C6H6N2S. The molecular weight excluding hydrogens is 132 g/mol. The van der Waals surface area contributed by atoms with Gasteiger partial charge in [0.2, 0.25) is 0 Å². The predicted octanol–water partition coefficient (Wildman–Crippen LogP) is 1.10. The van der Waals surface area contributed by atoms with Crippen LogP contribution in [0.25, 0.3) is 0 Å². The Kier molecular flexibility index (Phi) is 1.16. The summed E-state index contributed by atoms with van der Waals surface area (Å²) in [5, 5.41) is 0.481. The molecule has 0 spiro atoms. The molecule has 2 atom stereocenters. The Morgan fingerprint density at radius 2 is 2.33 bits per heavy atom. The van der Waals surface area contributed by atoms with Crippen LogP contribution in [-0.4, -0.2) is 23.2 Å². The highest BCUT2D eigenvalue weighted by Gasteiger charge is 2.22. The molecule has 9 heavy (non-hydrogen) atoms. The highest BCUT2D eigenvalue weighted by Crippen LogP contribution is 2.25. The summed E-state index contributed by atoms with van der Waals surface area (Å²) in [5.74, 6) is 0. The first kappa shape index (κ1) is 5.23. The molecule has 0 aromatic rings. The van der Waals surface area contributed by atoms with E-state index in [-0.39, 0.29) is 6.17 Å². The maximum absolute atomic E-state index is 4.16. The smallest absolute Gasteiger partial charge is 0.155 e. The fourth-order valence-electron chi connectivity index (χ4n) is 0.888. The van der Waals surface area contributed by atoms with E-state index in [9.17, 15) is 0 Å². The Bertz CT molecular complexity index is 195. The molecule has 2 aliphatic heterocycles. The third-order valence-corrected chi connectivity index (χ3v) is 2.31. The van der Waals surface area contributed by atoms with Gasteiger partial charge in [-0.15, -0.1) is 11.8 Å². The van der Waals surface area contributed by atoms with Gasteiger partial charge in [-0.05, 0) is 6.08 Å². The van der Waals surface area contributed by atoms with Crippen LogP contribution in [0.2, 0.25) is 0 Å². The molecule has 2 unspecified atom stereocenters. The highest BCUT2D eigenvalue weighted by atomic mass is 32.2. The molecule has 0 radical (unpaired) electrons. The zero-order valence-corrected chi connectivity index (χ0v) is 5.58. The number of hydrogen-bond acceptors (Lipinski definition) is 3. The number of hydrogen-bond donors (Lipinski definition) is 0. The van der Waals surface area contributed by atoms with Gasteiger partial charge in [-0.3, -0.25) is 9.98 Å². The minimum atomic E-state index is 0.181. The molecule has 2 heterocycles. The lowest BCUT2D eigenvalue weighted by molar-refractivity contribution is 0.753. The number of fused-ring (bicyclic) bond motifs is 1. The van der Waals surface area contributed by atoms with E-state index in [0.29, 0.717) is 5.25 Å². The summed E-state index contributed by atoms with van der Waals surface area (Å²) in [5.41, 5.74) is 1.88. The Hall–Kier alpha value is -0.570. The second-order valence-electron chi connectivity index (χ2n) is 1.95. The fourth-order valence-corrected chi connectivity index (χ4v) is 1.69. The van der Waals surface area contributed by atoms with E-state index in [0.717, 1.165) is 0 Å². The Labute approximate surface area is 57.8 Å². The minimum absolute atomic E-state index is 0.181. The number of rotatable bonds is 0. The topological polar surface area (TPSA) is 24.7 Å². The van der Waals surface area contributed by atoms with Gasteiger partial charge in [0.1, 0.15) is 0 Å². The van der Waals surface area contributed by atoms with Gasteiger partial charge in [0, 0.05) is 6.21 Å². The van der Waals surface area contributed by atoms with E-state index in [2.05, 4.69) is 16.1 Å². The summed E-state index contributed by atoms with van der Waals surface area (Å²) >= 11 is 1.73. The monoisotopic (exact) mass is 138 g/mol. The van der Waals surface area contributed by atoms with E-state index >= 15 is 0 Å². The first-order chi connectivity index (χ1) is 4.47. The van der Waals surface area contributed by atoms with Crippen LogP contribution in [-0.2, 0) is 0 Å². The van der Waals surface area contributed by atoms with E-state index < -0.39 is 0 Å². The molecule has 3 heteroatoms. The fraction of sp³-hybridized carbons (Fsp3) is 0.333. The molecule has 0 fully saturated rings. The number of thioether (sulfide) groups is 1. The van der Waals surface area contributed by atoms with Gasteiger partial charge < -0.3 is 0 Å². The number of aliphatic imine (C=N–C) groups is 2. The number of nitrogens with zero attached hydrogens (tertiary/aromatic N) is 2. The largest absolute Gasteiger partial charge is 0.265 e. The van der Waals surface area contributed by atoms with Crippen molar-refractivity contribution in [1.82, 2.24) is 0 Å². The number of allylic oxidation sites excluding steroid dienone is 1. The summed E-state index contributed by atoms with van der Waals surface area (Å²) in [6.45, 7) is 0. The Balaban J connectivity index is 2.25. The average Bonchev–Trinajstić information content (AvgIpc) is 2.33. The molecule has 2 nitrogen and oxygen atoms in total. The van der Waals surface area contributed by atoms with Crippen molar-refractivity contribution in [3.05, 3.63) is 12.2 Å². The van der Waals surface area contributed by atoms with Crippen LogP contribution in [0.3, 0.4) is 0 Å². The third-order valence-electron chi connectivity index (χ3n) is 1.35. The SMILES string of the molecule is C1=CC2SC=NC2N=C1. The van der Waals surface area contributed by atoms with E-state index in [1.807, 2.05) is 17.8 Å². The molecule has 0 bridgehead atoms. The first-order valence-electron chi connectivity index (χ1n) is 2.84. The van der Waals surface area contributed by atoms with Crippen molar-refractivity contribution in [1.29, 1.82) is 0 Å². The van der Waals surface area contributed by atoms with Gasteiger partial charge in [0.15, 0.2) is 6.17 Å². The third kappa shape index (κ3) is 0.812. The van der Waals surface area contributed by atoms with Crippen LogP contribution in [0.5, 0.6) is 0 Å². The lowest BCUT2D eigenvalue weighted by Gasteiger charge is -2.10. The molecule has 0 aromatic carbocycles. The molecule has 0 aromatic heterocycles. The van der Waals surface area contributed by atoms with Gasteiger partial charge in [0.05, 0.1) is 10.8 Å². The molecule has 0 aliphatic carbocycles. The van der Waals surface area contributed by atoms with Crippen molar-refractivity contribution in [3.63, 3.8) is 0 Å². The molecule has 0 saturated carbocycles. The van der Waals surface area contributed by atoms with Crippen LogP contribution in [0.4, 0.5) is 0 Å². The minimum Gasteiger partial charge on any atom is -0.265 e. The van der Waals surface area contributed by atoms with Crippen LogP contribution in [0.1, 0.15) is 0 Å². The van der Waals surface area contributed by atoms with Crippen molar-refractivity contribution in [2.45, 2.75) is 11.4 Å². The van der Waals surface area contributed by atoms with Gasteiger partial charge >= 0.3 is 0 Å². The zero-order valence-electron chi connectivity index (χ0n) is 4.77. The van der Waals surface area contributed by atoms with E-state index in [1.54, 1.807) is 11.8 Å². The summed E-state index contributed by atoms with van der Waals surface area (Å²) in [4.78, 5) is 8.31. The standard InChI is InChI=1S/C6H6N2S/c1-2-5-6(7-3-1)8-4-9-5/h1-6H. The van der Waals surface area contributed by atoms with Gasteiger partial charge in [-0.25, -0.2) is 0 Å². The lowest BCUT2D eigenvalue weighted by Crippen LogP contribution is -2.14. The molecule has 0 N–H and O–H groups in total. The molecule has 0 saturated heterocycles. The second kappa shape index (κ2) is 1.99. The Morgan fingerprint density at radius 1 is 1.33 bits per heavy atom. The Morgan fingerprint density at radius 3 is 3.22 bits per heavy atom. The quantitative estimate of drug-likeness (QED) is 0.492. The maximum Gasteiger partial charge on any atom is 0.155 e.